The van der Waals surface area contributed by atoms with Crippen LogP contribution in [0, 0.1) is 0 Å². The van der Waals surface area contributed by atoms with Gasteiger partial charge in [-0.15, -0.1) is 0 Å². The number of rotatable bonds is 64. The zero-order valence-corrected chi connectivity index (χ0v) is 58.9. The van der Waals surface area contributed by atoms with Crippen molar-refractivity contribution in [2.24, 2.45) is 0 Å². The molecule has 0 aromatic heterocycles. The summed E-state index contributed by atoms with van der Waals surface area (Å²) in [7, 11) is -9.81. The summed E-state index contributed by atoms with van der Waals surface area (Å²) in [5.74, 6) is -1.68. The maximum absolute atomic E-state index is 12.9. The number of phosphoric ester groups is 2. The number of ether oxygens (including phenoxy) is 3. The van der Waals surface area contributed by atoms with Gasteiger partial charge in [-0.3, -0.25) is 32.5 Å². The first kappa shape index (κ1) is 88.2. The van der Waals surface area contributed by atoms with E-state index in [0.29, 0.717) is 25.7 Å². The van der Waals surface area contributed by atoms with Crippen molar-refractivity contribution in [2.45, 2.75) is 257 Å². The summed E-state index contributed by atoms with van der Waals surface area (Å²) in [5, 5.41) is 20.6. The fraction of sp³-hybridized carbons (Fsp3) is 0.613. The molecule has 4 N–H and O–H groups in total. The first-order valence-corrected chi connectivity index (χ1v) is 37.8. The predicted molar refractivity (Wildman–Crippen MR) is 380 cm³/mol. The van der Waals surface area contributed by atoms with Crippen LogP contribution in [0.5, 0.6) is 0 Å². The van der Waals surface area contributed by atoms with Gasteiger partial charge in [-0.1, -0.05) is 243 Å². The molecule has 5 atom stereocenters. The lowest BCUT2D eigenvalue weighted by Crippen LogP contribution is -2.30. The fourth-order valence-electron chi connectivity index (χ4n) is 8.53. The van der Waals surface area contributed by atoms with Crippen LogP contribution in [-0.4, -0.2) is 95.9 Å². The Morgan fingerprint density at radius 2 is 0.548 bits per heavy atom. The van der Waals surface area contributed by atoms with Crippen molar-refractivity contribution in [1.29, 1.82) is 0 Å². The van der Waals surface area contributed by atoms with Crippen LogP contribution in [0.25, 0.3) is 0 Å². The predicted octanol–water partition coefficient (Wildman–Crippen LogP) is 19.5. The average Bonchev–Trinajstić information content (AvgIpc) is 2.84. The first-order chi connectivity index (χ1) is 45.2. The van der Waals surface area contributed by atoms with Crippen LogP contribution >= 0.6 is 15.6 Å². The summed E-state index contributed by atoms with van der Waals surface area (Å²) < 4.78 is 60.8. The summed E-state index contributed by atoms with van der Waals surface area (Å²) in [4.78, 5) is 58.4. The van der Waals surface area contributed by atoms with Gasteiger partial charge in [-0.05, 0) is 135 Å². The van der Waals surface area contributed by atoms with E-state index in [0.717, 1.165) is 148 Å². The van der Waals surface area contributed by atoms with E-state index in [-0.39, 0.29) is 19.3 Å². The lowest BCUT2D eigenvalue weighted by atomic mass is 10.1. The number of carbonyl (C=O) groups is 3. The molecule has 0 amide bonds. The first-order valence-electron chi connectivity index (χ1n) is 34.8. The second-order valence-electron chi connectivity index (χ2n) is 22.5. The molecule has 0 aliphatic rings. The van der Waals surface area contributed by atoms with Crippen molar-refractivity contribution in [3.8, 4) is 0 Å². The number of carbonyl (C=O) groups excluding carboxylic acids is 3. The summed E-state index contributed by atoms with van der Waals surface area (Å²) in [6.07, 6.45) is 81.6. The highest BCUT2D eigenvalue weighted by molar-refractivity contribution is 7.47. The van der Waals surface area contributed by atoms with Gasteiger partial charge in [0.15, 0.2) is 6.10 Å². The van der Waals surface area contributed by atoms with Crippen LogP contribution in [0.2, 0.25) is 0 Å². The molecule has 0 saturated carbocycles. The van der Waals surface area contributed by atoms with E-state index in [1.165, 1.54) is 25.7 Å². The summed E-state index contributed by atoms with van der Waals surface area (Å²) in [5.41, 5.74) is 0. The summed E-state index contributed by atoms with van der Waals surface area (Å²) in [6.45, 7) is 2.20. The van der Waals surface area contributed by atoms with Gasteiger partial charge in [0.1, 0.15) is 25.4 Å². The van der Waals surface area contributed by atoms with E-state index in [4.69, 9.17) is 32.3 Å². The van der Waals surface area contributed by atoms with Gasteiger partial charge in [0.2, 0.25) is 0 Å². The molecule has 0 aromatic rings. The molecular weight excluding hydrogens is 1220 g/mol. The molecular formula is C75H122O16P2. The molecule has 0 bridgehead atoms. The van der Waals surface area contributed by atoms with E-state index < -0.39 is 91.5 Å². The Bertz CT molecular complexity index is 2320. The number of hydrogen-bond donors (Lipinski definition) is 4. The molecule has 0 saturated heterocycles. The van der Waals surface area contributed by atoms with Gasteiger partial charge in [-0.2, -0.15) is 0 Å². The normalized spacial score (nSPS) is 15.1. The number of unbranched alkanes of at least 4 members (excludes halogenated alkanes) is 15. The van der Waals surface area contributed by atoms with Gasteiger partial charge in [0.05, 0.1) is 26.4 Å². The molecule has 528 valence electrons. The Hall–Kier alpha value is -4.83. The lowest BCUT2D eigenvalue weighted by molar-refractivity contribution is -0.161. The minimum Gasteiger partial charge on any atom is -0.463 e. The lowest BCUT2D eigenvalue weighted by Gasteiger charge is -2.21. The van der Waals surface area contributed by atoms with Gasteiger partial charge in [0.25, 0.3) is 0 Å². The maximum atomic E-state index is 12.9. The number of allylic oxidation sites excluding steroid dienone is 26. The monoisotopic (exact) mass is 1340 g/mol. The van der Waals surface area contributed by atoms with Crippen LogP contribution in [0.15, 0.2) is 158 Å². The van der Waals surface area contributed by atoms with Crippen molar-refractivity contribution < 1.29 is 75.8 Å². The Labute approximate surface area is 561 Å². The minimum absolute atomic E-state index is 0.0672. The number of phosphoric acid groups is 2. The van der Waals surface area contributed by atoms with Crippen molar-refractivity contribution in [1.82, 2.24) is 0 Å². The molecule has 93 heavy (non-hydrogen) atoms. The third kappa shape index (κ3) is 68.4. The molecule has 0 fully saturated rings. The highest BCUT2D eigenvalue weighted by Crippen LogP contribution is 2.45. The molecule has 0 spiro atoms. The zero-order valence-electron chi connectivity index (χ0n) is 57.1. The number of hydrogen-bond acceptors (Lipinski definition) is 14. The summed E-state index contributed by atoms with van der Waals surface area (Å²) in [6, 6.07) is 0. The Morgan fingerprint density at radius 1 is 0.301 bits per heavy atom. The highest BCUT2D eigenvalue weighted by Gasteiger charge is 2.29. The van der Waals surface area contributed by atoms with Gasteiger partial charge >= 0.3 is 33.6 Å². The molecule has 16 nitrogen and oxygen atoms in total. The van der Waals surface area contributed by atoms with Crippen LogP contribution in [0.1, 0.15) is 239 Å². The quantitative estimate of drug-likeness (QED) is 0.0146. The van der Waals surface area contributed by atoms with Gasteiger partial charge in [-0.25, -0.2) is 9.13 Å². The largest absolute Gasteiger partial charge is 0.472 e. The third-order valence-corrected chi connectivity index (χ3v) is 15.6. The van der Waals surface area contributed by atoms with Crippen LogP contribution < -0.4 is 0 Å². The molecule has 0 aliphatic heterocycles. The van der Waals surface area contributed by atoms with Gasteiger partial charge < -0.3 is 34.2 Å². The number of esters is 3. The van der Waals surface area contributed by atoms with E-state index >= 15 is 0 Å². The van der Waals surface area contributed by atoms with Crippen LogP contribution in [0.4, 0.5) is 0 Å². The van der Waals surface area contributed by atoms with Crippen LogP contribution in [-0.2, 0) is 55.8 Å². The van der Waals surface area contributed by atoms with Crippen molar-refractivity contribution in [3.63, 3.8) is 0 Å². The standard InChI is InChI=1S/C75H122O16P2/c1-4-7-10-13-16-19-22-25-28-30-31-32-33-34-35-36-37-39-42-43-46-49-52-55-58-61-73(78)85-64-70(76)65-87-92(81,82)88-66-71(77)67-89-93(83,84)90-69-72(91-75(80)63-60-57-54-51-48-45-40-27-24-21-18-15-12-9-6-3)68-86-74(79)62-59-56-53-50-47-44-41-38-29-26-23-20-17-14-11-8-5-2/h7-12,16-21,25-29,31-32,34-35,40-41,44,50,53,70-72,76-77H,4-6,13-15,22-24,30,33,36-39,42-43,45-49,51-52,54-69H2,1-3H3,(H,81,82)(H,83,84)/b10-7-,11-8-,12-9-,19-16-,20-17-,21-18-,28-25-,29-26-,32-31-,35-34-,40-27-,44-41-,53-50-. The topological polar surface area (TPSA) is 231 Å². The van der Waals surface area contributed by atoms with E-state index in [9.17, 15) is 43.5 Å². The van der Waals surface area contributed by atoms with E-state index in [2.05, 4.69) is 167 Å². The molecule has 18 heteroatoms. The molecule has 0 radical (unpaired) electrons. The Morgan fingerprint density at radius 3 is 0.892 bits per heavy atom. The summed E-state index contributed by atoms with van der Waals surface area (Å²) >= 11 is 0. The van der Waals surface area contributed by atoms with E-state index in [1.54, 1.807) is 0 Å². The molecule has 0 rings (SSSR count). The Balaban J connectivity index is 4.65. The molecule has 0 heterocycles. The van der Waals surface area contributed by atoms with Gasteiger partial charge in [0, 0.05) is 19.3 Å². The fourth-order valence-corrected chi connectivity index (χ4v) is 10.1. The van der Waals surface area contributed by atoms with E-state index in [1.807, 2.05) is 12.2 Å². The minimum atomic E-state index is -4.95. The van der Waals surface area contributed by atoms with Crippen LogP contribution in [0.3, 0.4) is 0 Å². The highest BCUT2D eigenvalue weighted by atomic mass is 31.2. The van der Waals surface area contributed by atoms with Crippen molar-refractivity contribution in [3.05, 3.63) is 158 Å². The Kier molecular flexibility index (Phi) is 63.7. The second-order valence-corrected chi connectivity index (χ2v) is 25.4. The third-order valence-electron chi connectivity index (χ3n) is 13.7. The SMILES string of the molecule is CC/C=C\C/C=C\C/C=C\C/C=C\C/C=C\CCCCCCCCCCCC(=O)OCC(O)COP(=O)(O)OCC(O)COP(=O)(O)OCC(COC(=O)CCC/C=C\C/C=C\C/C=C\C/C=C\C/C=C\CC)OC(=O)CCCCCCC/C=C\C/C=C\C/C=C\CC. The average molecular weight is 1340 g/mol. The maximum Gasteiger partial charge on any atom is 0.472 e. The second kappa shape index (κ2) is 67.2. The smallest absolute Gasteiger partial charge is 0.463 e. The molecule has 5 unspecified atom stereocenters. The van der Waals surface area contributed by atoms with Crippen molar-refractivity contribution >= 4 is 33.6 Å². The zero-order chi connectivity index (χ0) is 68.1. The number of aliphatic hydroxyl groups excluding tert-OH is 2. The molecule has 0 aromatic carbocycles. The van der Waals surface area contributed by atoms with Crippen molar-refractivity contribution in [2.75, 3.05) is 39.6 Å². The number of aliphatic hydroxyl groups is 2. The molecule has 0 aliphatic carbocycles.